The van der Waals surface area contributed by atoms with Crippen LogP contribution in [0.15, 0.2) is 29.1 Å². The van der Waals surface area contributed by atoms with E-state index < -0.39 is 5.97 Å². The molecule has 90 valence electrons. The molecule has 0 atom stereocenters. The number of aromatic carboxylic acids is 1. The largest absolute Gasteiger partial charge is 0.477 e. The van der Waals surface area contributed by atoms with Gasteiger partial charge >= 0.3 is 5.97 Å². The Kier molecular flexibility index (Phi) is 2.13. The summed E-state index contributed by atoms with van der Waals surface area (Å²) in [5.41, 5.74) is 3.25. The Labute approximate surface area is 103 Å². The van der Waals surface area contributed by atoms with Gasteiger partial charge in [0.1, 0.15) is 5.56 Å². The molecule has 1 heterocycles. The van der Waals surface area contributed by atoms with Gasteiger partial charge in [0.25, 0.3) is 0 Å². The lowest BCUT2D eigenvalue weighted by Crippen LogP contribution is -2.21. The maximum atomic E-state index is 12.2. The average molecular weight is 241 g/mol. The highest BCUT2D eigenvalue weighted by atomic mass is 16.4. The first-order valence-corrected chi connectivity index (χ1v) is 5.67. The Morgan fingerprint density at radius 1 is 1.33 bits per heavy atom. The van der Waals surface area contributed by atoms with E-state index in [2.05, 4.69) is 4.98 Å². The summed E-state index contributed by atoms with van der Waals surface area (Å²) >= 11 is 0. The molecule has 0 amide bonds. The third-order valence-electron chi connectivity index (χ3n) is 3.36. The van der Waals surface area contributed by atoms with Crippen molar-refractivity contribution in [3.8, 4) is 11.3 Å². The summed E-state index contributed by atoms with van der Waals surface area (Å²) in [6.45, 7) is 1.62. The maximum absolute atomic E-state index is 12.2. The Morgan fingerprint density at radius 3 is 2.78 bits per heavy atom. The van der Waals surface area contributed by atoms with Crippen molar-refractivity contribution in [3.63, 3.8) is 0 Å². The lowest BCUT2D eigenvalue weighted by atomic mass is 10.1. The van der Waals surface area contributed by atoms with Gasteiger partial charge in [-0.05, 0) is 12.5 Å². The minimum atomic E-state index is -1.17. The van der Waals surface area contributed by atoms with E-state index in [0.717, 1.165) is 16.8 Å². The van der Waals surface area contributed by atoms with Gasteiger partial charge in [-0.25, -0.2) is 4.79 Å². The zero-order valence-corrected chi connectivity index (χ0v) is 9.78. The molecule has 1 aliphatic carbocycles. The van der Waals surface area contributed by atoms with E-state index in [4.69, 9.17) is 5.11 Å². The number of pyridine rings is 1. The summed E-state index contributed by atoms with van der Waals surface area (Å²) in [7, 11) is 0. The number of hydrogen-bond acceptors (Lipinski definition) is 2. The van der Waals surface area contributed by atoms with Crippen molar-refractivity contribution >= 4 is 5.97 Å². The molecule has 0 radical (unpaired) electrons. The van der Waals surface area contributed by atoms with Crippen LogP contribution in [0, 0.1) is 6.92 Å². The summed E-state index contributed by atoms with van der Waals surface area (Å²) < 4.78 is 0. The zero-order valence-electron chi connectivity index (χ0n) is 9.78. The minimum Gasteiger partial charge on any atom is -0.477 e. The Balaban J connectivity index is 2.35. The number of carbonyl (C=O) groups is 1. The Bertz CT molecular complexity index is 728. The van der Waals surface area contributed by atoms with E-state index in [-0.39, 0.29) is 11.0 Å². The second-order valence-corrected chi connectivity index (χ2v) is 4.45. The lowest BCUT2D eigenvalue weighted by Gasteiger charge is -2.06. The van der Waals surface area contributed by atoms with Gasteiger partial charge in [-0.3, -0.25) is 4.79 Å². The van der Waals surface area contributed by atoms with E-state index in [9.17, 15) is 9.59 Å². The van der Waals surface area contributed by atoms with Crippen molar-refractivity contribution in [1.82, 2.24) is 4.98 Å². The van der Waals surface area contributed by atoms with Crippen molar-refractivity contribution in [1.29, 1.82) is 0 Å². The lowest BCUT2D eigenvalue weighted by molar-refractivity contribution is 0.0694. The molecule has 0 saturated carbocycles. The van der Waals surface area contributed by atoms with Crippen LogP contribution >= 0.6 is 0 Å². The molecule has 2 aromatic rings. The third kappa shape index (κ3) is 1.32. The maximum Gasteiger partial charge on any atom is 0.341 e. The first-order chi connectivity index (χ1) is 8.59. The van der Waals surface area contributed by atoms with Crippen LogP contribution in [-0.4, -0.2) is 16.1 Å². The number of fused-ring (bicyclic) bond motifs is 3. The van der Waals surface area contributed by atoms with Gasteiger partial charge in [0.2, 0.25) is 5.43 Å². The summed E-state index contributed by atoms with van der Waals surface area (Å²) in [5.74, 6) is -1.17. The fraction of sp³-hybridized carbons (Fsp3) is 0.143. The van der Waals surface area contributed by atoms with Crippen molar-refractivity contribution in [3.05, 3.63) is 56.9 Å². The van der Waals surface area contributed by atoms with E-state index >= 15 is 0 Å². The number of H-pyrrole nitrogens is 1. The van der Waals surface area contributed by atoms with Gasteiger partial charge in [-0.2, -0.15) is 0 Å². The van der Waals surface area contributed by atoms with Crippen LogP contribution in [-0.2, 0) is 6.42 Å². The number of carboxylic acids is 1. The van der Waals surface area contributed by atoms with E-state index in [1.807, 2.05) is 24.3 Å². The molecule has 18 heavy (non-hydrogen) atoms. The van der Waals surface area contributed by atoms with Crippen molar-refractivity contribution in [2.24, 2.45) is 0 Å². The zero-order chi connectivity index (χ0) is 12.9. The molecule has 0 spiro atoms. The summed E-state index contributed by atoms with van der Waals surface area (Å²) in [4.78, 5) is 26.3. The molecule has 0 saturated heterocycles. The predicted octanol–water partition coefficient (Wildman–Crippen LogP) is 1.95. The van der Waals surface area contributed by atoms with Crippen molar-refractivity contribution in [2.45, 2.75) is 13.3 Å². The van der Waals surface area contributed by atoms with E-state index in [0.29, 0.717) is 17.7 Å². The molecule has 1 aromatic heterocycles. The fourth-order valence-corrected chi connectivity index (χ4v) is 2.53. The number of rotatable bonds is 1. The van der Waals surface area contributed by atoms with E-state index in [1.165, 1.54) is 0 Å². The van der Waals surface area contributed by atoms with Crippen molar-refractivity contribution in [2.75, 3.05) is 0 Å². The van der Waals surface area contributed by atoms with Crippen LogP contribution in [0.4, 0.5) is 0 Å². The standard InChI is InChI=1S/C14H11NO3/c1-7-11(14(17)18)13(16)10-6-8-4-2-3-5-9(8)12(10)15-7/h2-5H,6H2,1H3,(H,15,16)(H,17,18). The van der Waals surface area contributed by atoms with Crippen LogP contribution in [0.1, 0.15) is 27.2 Å². The molecule has 2 N–H and O–H groups in total. The summed E-state index contributed by atoms with van der Waals surface area (Å²) in [5, 5.41) is 9.07. The second-order valence-electron chi connectivity index (χ2n) is 4.45. The number of nitrogens with one attached hydrogen (secondary N) is 1. The number of aromatic amines is 1. The van der Waals surface area contributed by atoms with E-state index in [1.54, 1.807) is 6.92 Å². The van der Waals surface area contributed by atoms with Gasteiger partial charge in [-0.15, -0.1) is 0 Å². The molecule has 4 nitrogen and oxygen atoms in total. The molecule has 0 unspecified atom stereocenters. The second kappa shape index (κ2) is 3.57. The topological polar surface area (TPSA) is 70.2 Å². The van der Waals surface area contributed by atoms with Gasteiger partial charge in [-0.1, -0.05) is 24.3 Å². The molecule has 0 fully saturated rings. The van der Waals surface area contributed by atoms with Crippen LogP contribution < -0.4 is 5.43 Å². The molecule has 0 aliphatic heterocycles. The predicted molar refractivity (Wildman–Crippen MR) is 67.0 cm³/mol. The fourth-order valence-electron chi connectivity index (χ4n) is 2.53. The molecule has 3 rings (SSSR count). The molecular formula is C14H11NO3. The van der Waals surface area contributed by atoms with Crippen LogP contribution in [0.3, 0.4) is 0 Å². The molecule has 0 bridgehead atoms. The molecule has 1 aromatic carbocycles. The molecular weight excluding hydrogens is 230 g/mol. The Hall–Kier alpha value is -2.36. The highest BCUT2D eigenvalue weighted by molar-refractivity contribution is 5.90. The highest BCUT2D eigenvalue weighted by Gasteiger charge is 2.26. The molecule has 1 aliphatic rings. The van der Waals surface area contributed by atoms with Gasteiger partial charge < -0.3 is 10.1 Å². The van der Waals surface area contributed by atoms with Crippen LogP contribution in [0.25, 0.3) is 11.3 Å². The SMILES string of the molecule is Cc1[nH]c2c(c(=O)c1C(=O)O)Cc1ccccc1-2. The van der Waals surface area contributed by atoms with Crippen LogP contribution in [0.2, 0.25) is 0 Å². The highest BCUT2D eigenvalue weighted by Crippen LogP contribution is 2.33. The van der Waals surface area contributed by atoms with Gasteiger partial charge in [0.15, 0.2) is 0 Å². The number of aryl methyl sites for hydroxylation is 1. The van der Waals surface area contributed by atoms with Gasteiger partial charge in [0.05, 0.1) is 5.69 Å². The minimum absolute atomic E-state index is 0.151. The monoisotopic (exact) mass is 241 g/mol. The number of aromatic nitrogens is 1. The van der Waals surface area contributed by atoms with Crippen LogP contribution in [0.5, 0.6) is 0 Å². The van der Waals surface area contributed by atoms with Crippen molar-refractivity contribution < 1.29 is 9.90 Å². The van der Waals surface area contributed by atoms with Gasteiger partial charge in [0, 0.05) is 23.2 Å². The third-order valence-corrected chi connectivity index (χ3v) is 3.36. The first kappa shape index (κ1) is 10.8. The summed E-state index contributed by atoms with van der Waals surface area (Å²) in [6, 6.07) is 7.72. The quantitative estimate of drug-likeness (QED) is 0.684. The number of benzene rings is 1. The molecule has 4 heteroatoms. The smallest absolute Gasteiger partial charge is 0.341 e. The average Bonchev–Trinajstić information content (AvgIpc) is 2.68. The summed E-state index contributed by atoms with van der Waals surface area (Å²) in [6.07, 6.45) is 0.501. The normalized spacial score (nSPS) is 12.1. The number of hydrogen-bond donors (Lipinski definition) is 2. The Morgan fingerprint density at radius 2 is 2.06 bits per heavy atom. The first-order valence-electron chi connectivity index (χ1n) is 5.67. The number of carboxylic acid groups (broad SMARTS) is 1.